The van der Waals surface area contributed by atoms with E-state index in [1.54, 1.807) is 24.6 Å². The zero-order valence-corrected chi connectivity index (χ0v) is 13.7. The summed E-state index contributed by atoms with van der Waals surface area (Å²) in [5.41, 5.74) is 3.71. The Morgan fingerprint density at radius 2 is 1.96 bits per heavy atom. The molecule has 0 spiro atoms. The molecular formula is C16H20N4O3. The van der Waals surface area contributed by atoms with Crippen molar-refractivity contribution in [2.24, 2.45) is 0 Å². The molecule has 1 N–H and O–H groups in total. The summed E-state index contributed by atoms with van der Waals surface area (Å²) in [7, 11) is 0. The molecule has 122 valence electrons. The normalized spacial score (nSPS) is 10.6. The maximum atomic E-state index is 12.1. The van der Waals surface area contributed by atoms with Crippen LogP contribution in [0.5, 0.6) is 0 Å². The second-order valence-corrected chi connectivity index (χ2v) is 5.55. The predicted octanol–water partition coefficient (Wildman–Crippen LogP) is 2.45. The lowest BCUT2D eigenvalue weighted by Crippen LogP contribution is -2.27. The van der Waals surface area contributed by atoms with E-state index in [4.69, 9.17) is 0 Å². The maximum Gasteiger partial charge on any atom is 0.312 e. The van der Waals surface area contributed by atoms with Crippen molar-refractivity contribution in [2.75, 3.05) is 6.54 Å². The van der Waals surface area contributed by atoms with Crippen LogP contribution in [0.15, 0.2) is 18.2 Å². The number of carbonyl (C=O) groups is 1. The third-order valence-corrected chi connectivity index (χ3v) is 3.90. The monoisotopic (exact) mass is 316 g/mol. The van der Waals surface area contributed by atoms with Crippen molar-refractivity contribution in [2.45, 2.75) is 34.2 Å². The molecule has 0 bridgehead atoms. The van der Waals surface area contributed by atoms with Gasteiger partial charge >= 0.3 is 5.69 Å². The third kappa shape index (κ3) is 3.56. The van der Waals surface area contributed by atoms with Gasteiger partial charge in [0.15, 0.2) is 0 Å². The first-order valence-electron chi connectivity index (χ1n) is 7.35. The van der Waals surface area contributed by atoms with Crippen molar-refractivity contribution in [3.8, 4) is 0 Å². The Morgan fingerprint density at radius 3 is 2.52 bits per heavy atom. The van der Waals surface area contributed by atoms with Gasteiger partial charge in [-0.25, -0.2) is 0 Å². The molecule has 0 aliphatic heterocycles. The van der Waals surface area contributed by atoms with Gasteiger partial charge in [-0.1, -0.05) is 6.07 Å². The van der Waals surface area contributed by atoms with Crippen molar-refractivity contribution in [3.63, 3.8) is 0 Å². The summed E-state index contributed by atoms with van der Waals surface area (Å²) < 4.78 is 1.55. The molecule has 1 aromatic carbocycles. The first kappa shape index (κ1) is 16.7. The first-order chi connectivity index (χ1) is 10.8. The van der Waals surface area contributed by atoms with E-state index in [1.165, 1.54) is 0 Å². The Bertz CT molecular complexity index is 765. The molecule has 0 saturated heterocycles. The molecule has 1 amide bonds. The number of carbonyl (C=O) groups excluding carboxylic acids is 1. The average Bonchev–Trinajstić information content (AvgIpc) is 2.76. The van der Waals surface area contributed by atoms with Crippen LogP contribution in [-0.2, 0) is 6.54 Å². The average molecular weight is 316 g/mol. The Balaban J connectivity index is 2.00. The second kappa shape index (κ2) is 6.60. The topological polar surface area (TPSA) is 90.1 Å². The molecule has 0 aliphatic rings. The van der Waals surface area contributed by atoms with Crippen LogP contribution in [0, 0.1) is 37.8 Å². The van der Waals surface area contributed by atoms with Gasteiger partial charge in [0.2, 0.25) is 0 Å². The molecule has 0 unspecified atom stereocenters. The molecule has 1 heterocycles. The maximum absolute atomic E-state index is 12.1. The van der Waals surface area contributed by atoms with Crippen molar-refractivity contribution in [1.29, 1.82) is 0 Å². The Hall–Kier alpha value is -2.70. The highest BCUT2D eigenvalue weighted by Gasteiger charge is 2.21. The number of amides is 1. The van der Waals surface area contributed by atoms with Gasteiger partial charge in [-0.3, -0.25) is 19.6 Å². The highest BCUT2D eigenvalue weighted by molar-refractivity contribution is 5.94. The van der Waals surface area contributed by atoms with Gasteiger partial charge in [-0.2, -0.15) is 5.10 Å². The molecule has 2 aromatic rings. The molecule has 0 atom stereocenters. The number of nitrogens with one attached hydrogen (secondary N) is 1. The van der Waals surface area contributed by atoms with Crippen molar-refractivity contribution in [1.82, 2.24) is 15.1 Å². The van der Waals surface area contributed by atoms with Crippen LogP contribution in [-0.4, -0.2) is 27.2 Å². The van der Waals surface area contributed by atoms with Crippen LogP contribution >= 0.6 is 0 Å². The number of nitrogens with zero attached hydrogens (tertiary/aromatic N) is 3. The fourth-order valence-electron chi connectivity index (χ4n) is 2.43. The molecule has 0 radical (unpaired) electrons. The van der Waals surface area contributed by atoms with Crippen molar-refractivity contribution < 1.29 is 9.72 Å². The Morgan fingerprint density at radius 1 is 1.26 bits per heavy atom. The van der Waals surface area contributed by atoms with E-state index in [-0.39, 0.29) is 11.6 Å². The van der Waals surface area contributed by atoms with Crippen LogP contribution in [0.3, 0.4) is 0 Å². The molecule has 0 aliphatic carbocycles. The molecule has 0 saturated carbocycles. The number of benzene rings is 1. The van der Waals surface area contributed by atoms with Crippen LogP contribution in [0.1, 0.15) is 32.9 Å². The predicted molar refractivity (Wildman–Crippen MR) is 86.6 cm³/mol. The van der Waals surface area contributed by atoms with Crippen LogP contribution in [0.25, 0.3) is 0 Å². The molecule has 0 fully saturated rings. The van der Waals surface area contributed by atoms with Gasteiger partial charge in [-0.05, 0) is 51.0 Å². The quantitative estimate of drug-likeness (QED) is 0.677. The molecule has 23 heavy (non-hydrogen) atoms. The lowest BCUT2D eigenvalue weighted by molar-refractivity contribution is -0.386. The lowest BCUT2D eigenvalue weighted by Gasteiger charge is -2.08. The van der Waals surface area contributed by atoms with E-state index in [2.05, 4.69) is 10.4 Å². The number of nitro groups is 1. The van der Waals surface area contributed by atoms with E-state index >= 15 is 0 Å². The minimum absolute atomic E-state index is 0.0329. The molecular weight excluding hydrogens is 296 g/mol. The second-order valence-electron chi connectivity index (χ2n) is 5.55. The van der Waals surface area contributed by atoms with E-state index < -0.39 is 4.92 Å². The fourth-order valence-corrected chi connectivity index (χ4v) is 2.43. The largest absolute Gasteiger partial charge is 0.350 e. The third-order valence-electron chi connectivity index (χ3n) is 3.90. The van der Waals surface area contributed by atoms with Crippen molar-refractivity contribution >= 4 is 11.6 Å². The summed E-state index contributed by atoms with van der Waals surface area (Å²) >= 11 is 0. The minimum atomic E-state index is -0.429. The van der Waals surface area contributed by atoms with E-state index in [1.807, 2.05) is 26.0 Å². The smallest absolute Gasteiger partial charge is 0.312 e. The van der Waals surface area contributed by atoms with E-state index in [0.29, 0.717) is 30.0 Å². The Kier molecular flexibility index (Phi) is 4.78. The summed E-state index contributed by atoms with van der Waals surface area (Å²) in [6.45, 7) is 7.95. The highest BCUT2D eigenvalue weighted by Crippen LogP contribution is 2.21. The Labute approximate surface area is 134 Å². The van der Waals surface area contributed by atoms with Crippen molar-refractivity contribution in [3.05, 3.63) is 56.4 Å². The lowest BCUT2D eigenvalue weighted by atomic mass is 10.1. The van der Waals surface area contributed by atoms with Crippen LogP contribution in [0.2, 0.25) is 0 Å². The standard InChI is InChI=1S/C16H20N4O3/c1-10-5-6-14(9-11(10)2)16(21)17-7-8-19-13(4)15(20(22)23)12(3)18-19/h5-6,9H,7-8H2,1-4H3,(H,17,21). The molecule has 1 aromatic heterocycles. The zero-order valence-electron chi connectivity index (χ0n) is 13.7. The molecule has 2 rings (SSSR count). The van der Waals surface area contributed by atoms with Gasteiger partial charge in [0, 0.05) is 12.1 Å². The van der Waals surface area contributed by atoms with Gasteiger partial charge in [0.1, 0.15) is 11.4 Å². The van der Waals surface area contributed by atoms with Crippen LogP contribution in [0.4, 0.5) is 5.69 Å². The number of aryl methyl sites for hydroxylation is 3. The summed E-state index contributed by atoms with van der Waals surface area (Å²) in [4.78, 5) is 22.7. The summed E-state index contributed by atoms with van der Waals surface area (Å²) in [6, 6.07) is 5.54. The zero-order chi connectivity index (χ0) is 17.1. The molecule has 7 heteroatoms. The van der Waals surface area contributed by atoms with Crippen LogP contribution < -0.4 is 5.32 Å². The minimum Gasteiger partial charge on any atom is -0.350 e. The number of hydrogen-bond donors (Lipinski definition) is 1. The first-order valence-corrected chi connectivity index (χ1v) is 7.35. The van der Waals surface area contributed by atoms with Gasteiger partial charge in [0.05, 0.1) is 11.5 Å². The van der Waals surface area contributed by atoms with E-state index in [9.17, 15) is 14.9 Å². The summed E-state index contributed by atoms with van der Waals surface area (Å²) in [5.74, 6) is -0.163. The molecule has 7 nitrogen and oxygen atoms in total. The SMILES string of the molecule is Cc1ccc(C(=O)NCCn2nc(C)c([N+](=O)[O-])c2C)cc1C. The van der Waals surface area contributed by atoms with Gasteiger partial charge in [0.25, 0.3) is 5.91 Å². The van der Waals surface area contributed by atoms with Gasteiger partial charge < -0.3 is 5.32 Å². The fraction of sp³-hybridized carbons (Fsp3) is 0.375. The number of aromatic nitrogens is 2. The van der Waals surface area contributed by atoms with E-state index in [0.717, 1.165) is 11.1 Å². The highest BCUT2D eigenvalue weighted by atomic mass is 16.6. The van der Waals surface area contributed by atoms with Gasteiger partial charge in [-0.15, -0.1) is 0 Å². The number of hydrogen-bond acceptors (Lipinski definition) is 4. The number of rotatable bonds is 5. The summed E-state index contributed by atoms with van der Waals surface area (Å²) in [5, 5.41) is 17.9. The summed E-state index contributed by atoms with van der Waals surface area (Å²) in [6.07, 6.45) is 0.